The third-order valence-corrected chi connectivity index (χ3v) is 8.03. The Bertz CT molecular complexity index is 990. The average Bonchev–Trinajstić information content (AvgIpc) is 2.95. The van der Waals surface area contributed by atoms with Gasteiger partial charge in [-0.1, -0.05) is 50.6 Å². The van der Waals surface area contributed by atoms with Gasteiger partial charge in [0.2, 0.25) is 0 Å². The van der Waals surface area contributed by atoms with Crippen LogP contribution in [0.2, 0.25) is 0 Å². The molecule has 2 aromatic carbocycles. The maximum absolute atomic E-state index is 13.7. The van der Waals surface area contributed by atoms with Gasteiger partial charge in [-0.2, -0.15) is 0 Å². The first-order valence-electron chi connectivity index (χ1n) is 10.0. The second kappa shape index (κ2) is 6.60. The summed E-state index contributed by atoms with van der Waals surface area (Å²) in [5, 5.41) is 0. The molecule has 1 fully saturated rings. The fraction of sp³-hybridized carbons (Fsp3) is 0.478. The maximum atomic E-state index is 13.7. The molecule has 4 rings (SSSR count). The highest BCUT2D eigenvalue weighted by molar-refractivity contribution is 7.92. The van der Waals surface area contributed by atoms with E-state index in [-0.39, 0.29) is 17.4 Å². The van der Waals surface area contributed by atoms with Gasteiger partial charge in [0, 0.05) is 12.5 Å². The summed E-state index contributed by atoms with van der Waals surface area (Å²) in [7, 11) is -1.48. The van der Waals surface area contributed by atoms with Crippen molar-refractivity contribution in [3.05, 3.63) is 59.2 Å². The molecule has 0 aromatic heterocycles. The number of benzene rings is 2. The second-order valence-corrected chi connectivity index (χ2v) is 11.2. The van der Waals surface area contributed by atoms with Crippen LogP contribution in [0, 0.1) is 6.92 Å². The van der Waals surface area contributed by atoms with E-state index in [4.69, 9.17) is 0 Å². The zero-order chi connectivity index (χ0) is 20.3. The van der Waals surface area contributed by atoms with E-state index >= 15 is 0 Å². The molecule has 2 heterocycles. The molecule has 0 unspecified atom stereocenters. The van der Waals surface area contributed by atoms with Crippen LogP contribution in [0.15, 0.2) is 47.4 Å². The largest absolute Gasteiger partial charge is 0.306 e. The van der Waals surface area contributed by atoms with Crippen LogP contribution in [0.25, 0.3) is 0 Å². The fourth-order valence-electron chi connectivity index (χ4n) is 4.59. The van der Waals surface area contributed by atoms with E-state index in [9.17, 15) is 8.42 Å². The van der Waals surface area contributed by atoms with Crippen LogP contribution < -0.4 is 4.31 Å². The summed E-state index contributed by atoms with van der Waals surface area (Å²) < 4.78 is 29.1. The molecule has 2 aliphatic rings. The molecule has 2 aromatic rings. The molecular formula is C23H30N2O2S. The minimum absolute atomic E-state index is 0.000271. The summed E-state index contributed by atoms with van der Waals surface area (Å²) in [5.41, 5.74) is 4.35. The van der Waals surface area contributed by atoms with Gasteiger partial charge in [-0.05, 0) is 61.7 Å². The average molecular weight is 399 g/mol. The lowest BCUT2D eigenvalue weighted by Gasteiger charge is -2.36. The number of likely N-dealkylation sites (tertiary alicyclic amines) is 1. The number of sulfonamides is 1. The highest BCUT2D eigenvalue weighted by Crippen LogP contribution is 2.47. The van der Waals surface area contributed by atoms with Crippen molar-refractivity contribution in [1.82, 2.24) is 4.90 Å². The van der Waals surface area contributed by atoms with E-state index in [1.807, 2.05) is 24.3 Å². The first kappa shape index (κ1) is 19.5. The summed E-state index contributed by atoms with van der Waals surface area (Å²) in [4.78, 5) is 2.69. The number of likely N-dealkylation sites (N-methyl/N-ethyl adjacent to an activating group) is 1. The van der Waals surface area contributed by atoms with Crippen molar-refractivity contribution in [1.29, 1.82) is 0 Å². The molecular weight excluding hydrogens is 368 g/mol. The van der Waals surface area contributed by atoms with Crippen molar-refractivity contribution >= 4 is 15.7 Å². The Balaban J connectivity index is 1.79. The molecule has 0 spiro atoms. The van der Waals surface area contributed by atoms with Crippen LogP contribution in [-0.2, 0) is 15.4 Å². The smallest absolute Gasteiger partial charge is 0.264 e. The number of piperidine rings is 1. The quantitative estimate of drug-likeness (QED) is 0.758. The third-order valence-electron chi connectivity index (χ3n) is 6.18. The van der Waals surface area contributed by atoms with E-state index in [2.05, 4.69) is 45.7 Å². The van der Waals surface area contributed by atoms with Gasteiger partial charge < -0.3 is 4.90 Å². The number of aryl methyl sites for hydroxylation is 1. The molecule has 0 saturated carbocycles. The van der Waals surface area contributed by atoms with Gasteiger partial charge in [-0.25, -0.2) is 8.42 Å². The van der Waals surface area contributed by atoms with Crippen LogP contribution in [0.3, 0.4) is 0 Å². The lowest BCUT2D eigenvalue weighted by Crippen LogP contribution is -2.47. The van der Waals surface area contributed by atoms with Crippen molar-refractivity contribution in [2.24, 2.45) is 0 Å². The van der Waals surface area contributed by atoms with Crippen LogP contribution >= 0.6 is 0 Å². The summed E-state index contributed by atoms with van der Waals surface area (Å²) >= 11 is 0. The number of anilines is 1. The summed E-state index contributed by atoms with van der Waals surface area (Å²) in [6.07, 6.45) is 0.855. The Hall–Kier alpha value is -1.85. The van der Waals surface area contributed by atoms with Crippen molar-refractivity contribution < 1.29 is 8.42 Å². The van der Waals surface area contributed by atoms with Gasteiger partial charge in [-0.15, -0.1) is 0 Å². The van der Waals surface area contributed by atoms with Crippen LogP contribution in [0.1, 0.15) is 49.8 Å². The van der Waals surface area contributed by atoms with Crippen molar-refractivity contribution in [2.75, 3.05) is 24.4 Å². The maximum Gasteiger partial charge on any atom is 0.264 e. The number of hydrogen-bond acceptors (Lipinski definition) is 3. The summed E-state index contributed by atoms with van der Waals surface area (Å²) in [5.74, 6) is 0.234. The molecule has 2 aliphatic heterocycles. The first-order valence-corrected chi connectivity index (χ1v) is 11.5. The van der Waals surface area contributed by atoms with Crippen molar-refractivity contribution in [2.45, 2.75) is 56.4 Å². The Morgan fingerprint density at radius 3 is 2.36 bits per heavy atom. The molecule has 1 saturated heterocycles. The zero-order valence-corrected chi connectivity index (χ0v) is 18.3. The van der Waals surface area contributed by atoms with E-state index in [1.165, 1.54) is 11.1 Å². The van der Waals surface area contributed by atoms with Gasteiger partial charge in [0.15, 0.2) is 0 Å². The zero-order valence-electron chi connectivity index (χ0n) is 17.4. The molecule has 28 heavy (non-hydrogen) atoms. The van der Waals surface area contributed by atoms with Crippen LogP contribution in [0.5, 0.6) is 0 Å². The van der Waals surface area contributed by atoms with E-state index < -0.39 is 10.0 Å². The first-order chi connectivity index (χ1) is 13.1. The lowest BCUT2D eigenvalue weighted by atomic mass is 9.87. The molecule has 0 radical (unpaired) electrons. The predicted molar refractivity (Wildman–Crippen MR) is 115 cm³/mol. The summed E-state index contributed by atoms with van der Waals surface area (Å²) in [6.45, 7) is 10.3. The standard InChI is InChI=1S/C23H30N2O2S/c1-16-6-11-21-19(14-16)20-15-24(5)13-12-22(20)25(21)28(26,27)18-9-7-17(8-10-18)23(2,3)4/h6-11,14,20,22H,12-13,15H2,1-5H3/t20-,22-/m0/s1. The van der Waals surface area contributed by atoms with Crippen molar-refractivity contribution in [3.8, 4) is 0 Å². The molecule has 5 heteroatoms. The molecule has 0 aliphatic carbocycles. The SMILES string of the molecule is Cc1ccc2c(c1)[C@@H]1CN(C)CC[C@@H]1N2S(=O)(=O)c1ccc(C(C)(C)C)cc1. The minimum Gasteiger partial charge on any atom is -0.306 e. The Morgan fingerprint density at radius 1 is 1.04 bits per heavy atom. The molecule has 150 valence electrons. The Kier molecular flexibility index (Phi) is 4.59. The van der Waals surface area contributed by atoms with Gasteiger partial charge in [0.1, 0.15) is 0 Å². The number of nitrogens with zero attached hydrogens (tertiary/aromatic N) is 2. The summed E-state index contributed by atoms with van der Waals surface area (Å²) in [6, 6.07) is 13.6. The number of hydrogen-bond donors (Lipinski definition) is 0. The minimum atomic E-state index is -3.60. The van der Waals surface area contributed by atoms with Gasteiger partial charge >= 0.3 is 0 Å². The van der Waals surface area contributed by atoms with Crippen molar-refractivity contribution in [3.63, 3.8) is 0 Å². The lowest BCUT2D eigenvalue weighted by molar-refractivity contribution is 0.237. The van der Waals surface area contributed by atoms with Gasteiger partial charge in [0.25, 0.3) is 10.0 Å². The monoisotopic (exact) mass is 398 g/mol. The Morgan fingerprint density at radius 2 is 1.71 bits per heavy atom. The molecule has 0 bridgehead atoms. The molecule has 4 nitrogen and oxygen atoms in total. The molecule has 2 atom stereocenters. The van der Waals surface area contributed by atoms with Crippen LogP contribution in [0.4, 0.5) is 5.69 Å². The molecule has 0 N–H and O–H groups in total. The topological polar surface area (TPSA) is 40.6 Å². The highest BCUT2D eigenvalue weighted by atomic mass is 32.2. The number of rotatable bonds is 2. The fourth-order valence-corrected chi connectivity index (χ4v) is 6.33. The van der Waals surface area contributed by atoms with E-state index in [0.717, 1.165) is 30.8 Å². The number of fused-ring (bicyclic) bond motifs is 3. The van der Waals surface area contributed by atoms with Gasteiger partial charge in [-0.3, -0.25) is 4.31 Å². The Labute approximate surface area is 169 Å². The molecule has 0 amide bonds. The van der Waals surface area contributed by atoms with Gasteiger partial charge in [0.05, 0.1) is 16.6 Å². The van der Waals surface area contributed by atoms with E-state index in [1.54, 1.807) is 16.4 Å². The van der Waals surface area contributed by atoms with E-state index in [0.29, 0.717) is 4.90 Å². The predicted octanol–water partition coefficient (Wildman–Crippen LogP) is 4.29. The third kappa shape index (κ3) is 3.15. The van der Waals surface area contributed by atoms with Crippen LogP contribution in [-0.4, -0.2) is 39.5 Å². The second-order valence-electron chi connectivity index (χ2n) is 9.36. The highest BCUT2D eigenvalue weighted by Gasteiger charge is 2.46. The normalized spacial score (nSPS) is 22.8.